The fourth-order valence-corrected chi connectivity index (χ4v) is 4.38. The van der Waals surface area contributed by atoms with Gasteiger partial charge in [-0.05, 0) is 69.7 Å². The molecule has 1 aromatic carbocycles. The third-order valence-corrected chi connectivity index (χ3v) is 6.21. The molecule has 4 rings (SSSR count). The van der Waals surface area contributed by atoms with Gasteiger partial charge in [0.2, 0.25) is 5.91 Å². The number of anilines is 2. The molecule has 3 heterocycles. The molecule has 0 radical (unpaired) electrons. The highest BCUT2D eigenvalue weighted by Crippen LogP contribution is 2.26. The summed E-state index contributed by atoms with van der Waals surface area (Å²) in [7, 11) is 1.60. The Bertz CT molecular complexity index is 1130. The third-order valence-electron chi connectivity index (χ3n) is 6.21. The molecule has 1 amide bonds. The van der Waals surface area contributed by atoms with Crippen molar-refractivity contribution in [3.05, 3.63) is 53.1 Å². The zero-order valence-electron chi connectivity index (χ0n) is 19.9. The molecule has 0 atom stereocenters. The number of nitrogens with one attached hydrogen (secondary N) is 1. The van der Waals surface area contributed by atoms with Gasteiger partial charge in [0.25, 0.3) is 0 Å². The van der Waals surface area contributed by atoms with Crippen LogP contribution < -0.4 is 15.0 Å². The quantitative estimate of drug-likeness (QED) is 0.584. The predicted octanol–water partition coefficient (Wildman–Crippen LogP) is 4.16. The lowest BCUT2D eigenvalue weighted by Crippen LogP contribution is -2.30. The summed E-state index contributed by atoms with van der Waals surface area (Å²) in [5, 5.41) is 7.70. The van der Waals surface area contributed by atoms with Gasteiger partial charge in [-0.15, -0.1) is 0 Å². The molecule has 33 heavy (non-hydrogen) atoms. The van der Waals surface area contributed by atoms with Crippen LogP contribution in [0.2, 0.25) is 0 Å². The highest BCUT2D eigenvalue weighted by Gasteiger charge is 2.18. The molecule has 1 fully saturated rings. The number of aromatic nitrogens is 4. The van der Waals surface area contributed by atoms with Crippen molar-refractivity contribution in [3.8, 4) is 11.6 Å². The Morgan fingerprint density at radius 1 is 1.06 bits per heavy atom. The van der Waals surface area contributed by atoms with Gasteiger partial charge < -0.3 is 15.0 Å². The monoisotopic (exact) mass is 448 g/mol. The molecule has 0 aliphatic carbocycles. The second-order valence-corrected chi connectivity index (χ2v) is 8.60. The maximum absolute atomic E-state index is 12.7. The molecule has 0 saturated carbocycles. The van der Waals surface area contributed by atoms with Crippen molar-refractivity contribution < 1.29 is 9.53 Å². The van der Waals surface area contributed by atoms with Crippen molar-refractivity contribution in [2.75, 3.05) is 30.4 Å². The van der Waals surface area contributed by atoms with Crippen LogP contribution >= 0.6 is 0 Å². The summed E-state index contributed by atoms with van der Waals surface area (Å²) in [6.07, 6.45) is 6.23. The highest BCUT2D eigenvalue weighted by atomic mass is 16.5. The van der Waals surface area contributed by atoms with Crippen LogP contribution in [-0.4, -0.2) is 45.9 Å². The van der Waals surface area contributed by atoms with E-state index in [0.717, 1.165) is 47.2 Å². The minimum absolute atomic E-state index is 0.0557. The molecule has 1 aliphatic heterocycles. The zero-order chi connectivity index (χ0) is 23.4. The van der Waals surface area contributed by atoms with Crippen LogP contribution in [-0.2, 0) is 11.2 Å². The number of amides is 1. The van der Waals surface area contributed by atoms with Crippen molar-refractivity contribution in [1.29, 1.82) is 0 Å². The van der Waals surface area contributed by atoms with Gasteiger partial charge in [-0.2, -0.15) is 5.10 Å². The van der Waals surface area contributed by atoms with Crippen LogP contribution in [0.15, 0.2) is 30.6 Å². The van der Waals surface area contributed by atoms with Gasteiger partial charge in [0.05, 0.1) is 18.5 Å². The Kier molecular flexibility index (Phi) is 6.91. The standard InChI is InChI=1S/C25H32N6O2/c1-17-8-10-22(33-4)21(14-17)28-25(32)11-9-20-18(2)29-31(19(20)3)24-15-23(26-16-27-24)30-12-6-5-7-13-30/h8,10,14-16H,5-7,9,11-13H2,1-4H3,(H,28,32). The van der Waals surface area contributed by atoms with E-state index in [4.69, 9.17) is 9.84 Å². The van der Waals surface area contributed by atoms with Crippen molar-refractivity contribution >= 4 is 17.4 Å². The van der Waals surface area contributed by atoms with E-state index in [-0.39, 0.29) is 5.91 Å². The summed E-state index contributed by atoms with van der Waals surface area (Å²) in [5.74, 6) is 2.30. The normalized spacial score (nSPS) is 13.8. The molecule has 0 bridgehead atoms. The fraction of sp³-hybridized carbons (Fsp3) is 0.440. The van der Waals surface area contributed by atoms with Gasteiger partial charge in [0.1, 0.15) is 17.9 Å². The topological polar surface area (TPSA) is 85.2 Å². The van der Waals surface area contributed by atoms with Gasteiger partial charge in [0, 0.05) is 31.3 Å². The van der Waals surface area contributed by atoms with E-state index in [0.29, 0.717) is 24.3 Å². The Balaban J connectivity index is 1.47. The number of piperidine rings is 1. The van der Waals surface area contributed by atoms with E-state index in [1.54, 1.807) is 13.4 Å². The zero-order valence-corrected chi connectivity index (χ0v) is 19.9. The largest absolute Gasteiger partial charge is 0.495 e. The first-order valence-electron chi connectivity index (χ1n) is 11.5. The van der Waals surface area contributed by atoms with E-state index in [2.05, 4.69) is 20.2 Å². The molecule has 8 heteroatoms. The summed E-state index contributed by atoms with van der Waals surface area (Å²) in [6, 6.07) is 7.74. The number of carbonyl (C=O) groups is 1. The summed E-state index contributed by atoms with van der Waals surface area (Å²) in [5.41, 5.74) is 4.73. The van der Waals surface area contributed by atoms with Gasteiger partial charge in [0.15, 0.2) is 5.82 Å². The number of aryl methyl sites for hydroxylation is 2. The smallest absolute Gasteiger partial charge is 0.224 e. The summed E-state index contributed by atoms with van der Waals surface area (Å²) in [6.45, 7) is 8.05. The molecule has 0 unspecified atom stereocenters. The van der Waals surface area contributed by atoms with Crippen LogP contribution in [0.1, 0.15) is 48.2 Å². The molecule has 8 nitrogen and oxygen atoms in total. The molecule has 174 valence electrons. The summed E-state index contributed by atoms with van der Waals surface area (Å²) >= 11 is 0. The van der Waals surface area contributed by atoms with Crippen molar-refractivity contribution in [3.63, 3.8) is 0 Å². The molecular weight excluding hydrogens is 416 g/mol. The van der Waals surface area contributed by atoms with Gasteiger partial charge in [-0.25, -0.2) is 14.6 Å². The van der Waals surface area contributed by atoms with E-state index < -0.39 is 0 Å². The number of nitrogens with zero attached hydrogens (tertiary/aromatic N) is 5. The van der Waals surface area contributed by atoms with Crippen molar-refractivity contribution in [2.24, 2.45) is 0 Å². The number of hydrogen-bond acceptors (Lipinski definition) is 6. The predicted molar refractivity (Wildman–Crippen MR) is 129 cm³/mol. The first-order valence-corrected chi connectivity index (χ1v) is 11.5. The molecule has 1 saturated heterocycles. The van der Waals surface area contributed by atoms with E-state index >= 15 is 0 Å². The lowest BCUT2D eigenvalue weighted by molar-refractivity contribution is -0.116. The maximum atomic E-state index is 12.7. The minimum atomic E-state index is -0.0557. The number of benzene rings is 1. The average Bonchev–Trinajstić information content (AvgIpc) is 3.11. The average molecular weight is 449 g/mol. The molecule has 1 N–H and O–H groups in total. The van der Waals surface area contributed by atoms with E-state index in [1.165, 1.54) is 19.3 Å². The van der Waals surface area contributed by atoms with E-state index in [1.807, 2.05) is 49.7 Å². The lowest BCUT2D eigenvalue weighted by atomic mass is 10.1. The summed E-state index contributed by atoms with van der Waals surface area (Å²) in [4.78, 5) is 23.9. The summed E-state index contributed by atoms with van der Waals surface area (Å²) < 4.78 is 7.23. The second kappa shape index (κ2) is 10.0. The van der Waals surface area contributed by atoms with Crippen LogP contribution in [0.25, 0.3) is 5.82 Å². The Morgan fingerprint density at radius 2 is 1.82 bits per heavy atom. The van der Waals surface area contributed by atoms with Gasteiger partial charge in [-0.1, -0.05) is 6.07 Å². The maximum Gasteiger partial charge on any atom is 0.224 e. The molecule has 0 spiro atoms. The molecule has 2 aromatic heterocycles. The minimum Gasteiger partial charge on any atom is -0.495 e. The Morgan fingerprint density at radius 3 is 2.58 bits per heavy atom. The number of hydrogen-bond donors (Lipinski definition) is 1. The molecule has 1 aliphatic rings. The van der Waals surface area contributed by atoms with Gasteiger partial charge >= 0.3 is 0 Å². The fourth-order valence-electron chi connectivity index (χ4n) is 4.38. The lowest BCUT2D eigenvalue weighted by Gasteiger charge is -2.27. The number of carbonyl (C=O) groups excluding carboxylic acids is 1. The molecular formula is C25H32N6O2. The van der Waals surface area contributed by atoms with Crippen molar-refractivity contribution in [2.45, 2.75) is 52.9 Å². The first kappa shape index (κ1) is 22.8. The van der Waals surface area contributed by atoms with Gasteiger partial charge in [-0.3, -0.25) is 4.79 Å². The SMILES string of the molecule is COc1ccc(C)cc1NC(=O)CCc1c(C)nn(-c2cc(N3CCCCC3)ncn2)c1C. The number of rotatable bonds is 7. The van der Waals surface area contributed by atoms with E-state index in [9.17, 15) is 4.79 Å². The molecule has 3 aromatic rings. The Hall–Kier alpha value is -3.42. The highest BCUT2D eigenvalue weighted by molar-refractivity contribution is 5.92. The van der Waals surface area contributed by atoms with Crippen LogP contribution in [0, 0.1) is 20.8 Å². The Labute approximate surface area is 195 Å². The van der Waals surface area contributed by atoms with Crippen molar-refractivity contribution in [1.82, 2.24) is 19.7 Å². The first-order chi connectivity index (χ1) is 16.0. The number of ether oxygens (including phenoxy) is 1. The number of methoxy groups -OCH3 is 1. The van der Waals surface area contributed by atoms with Crippen LogP contribution in [0.5, 0.6) is 5.75 Å². The third kappa shape index (κ3) is 5.16. The second-order valence-electron chi connectivity index (χ2n) is 8.60. The van der Waals surface area contributed by atoms with Crippen LogP contribution in [0.3, 0.4) is 0 Å². The van der Waals surface area contributed by atoms with Crippen LogP contribution in [0.4, 0.5) is 11.5 Å².